The van der Waals surface area contributed by atoms with Crippen molar-refractivity contribution in [3.63, 3.8) is 0 Å². The number of nitrogens with zero attached hydrogens (tertiary/aromatic N) is 3. The van der Waals surface area contributed by atoms with Crippen LogP contribution in [0.2, 0.25) is 0 Å². The third-order valence-electron chi connectivity index (χ3n) is 6.71. The van der Waals surface area contributed by atoms with Crippen molar-refractivity contribution < 1.29 is 23.1 Å². The van der Waals surface area contributed by atoms with Gasteiger partial charge in [0.2, 0.25) is 0 Å². The first-order valence-electron chi connectivity index (χ1n) is 13.1. The fourth-order valence-electron chi connectivity index (χ4n) is 4.79. The van der Waals surface area contributed by atoms with E-state index >= 15 is 0 Å². The molecule has 1 N–H and O–H groups in total. The molecule has 0 saturated carbocycles. The maximum atomic E-state index is 14.0. The number of imidazole rings is 1. The summed E-state index contributed by atoms with van der Waals surface area (Å²) in [5.74, 6) is -2.02. The molecule has 0 saturated heterocycles. The van der Waals surface area contributed by atoms with Crippen LogP contribution in [0.15, 0.2) is 48.5 Å². The van der Waals surface area contributed by atoms with Crippen LogP contribution < -0.4 is 10.2 Å². The molecule has 0 spiro atoms. The number of methoxy groups -OCH3 is 1. The summed E-state index contributed by atoms with van der Waals surface area (Å²) in [4.78, 5) is 33.6. The molecular weight excluding hydrogens is 490 g/mol. The fourth-order valence-corrected chi connectivity index (χ4v) is 4.79. The molecule has 38 heavy (non-hydrogen) atoms. The molecule has 0 radical (unpaired) electrons. The SMILES string of the molecule is CCCCN(C(=O)c1ccc(F)c(F)c1)c1nc2n(c1C(=O)NC(COC)Cc1ccccc1)CCCC2. The van der Waals surface area contributed by atoms with Gasteiger partial charge in [0.15, 0.2) is 23.1 Å². The van der Waals surface area contributed by atoms with E-state index in [4.69, 9.17) is 9.72 Å². The van der Waals surface area contributed by atoms with Crippen molar-refractivity contribution >= 4 is 17.6 Å². The van der Waals surface area contributed by atoms with Gasteiger partial charge in [0.1, 0.15) is 5.82 Å². The molecule has 4 rings (SSSR count). The van der Waals surface area contributed by atoms with E-state index in [9.17, 15) is 18.4 Å². The van der Waals surface area contributed by atoms with Crippen LogP contribution in [0.1, 0.15) is 64.8 Å². The Bertz CT molecular complexity index is 1260. The van der Waals surface area contributed by atoms with E-state index in [0.29, 0.717) is 38.1 Å². The molecule has 1 aromatic heterocycles. The summed E-state index contributed by atoms with van der Waals surface area (Å²) >= 11 is 0. The Morgan fingerprint density at radius 1 is 1.13 bits per heavy atom. The van der Waals surface area contributed by atoms with Crippen LogP contribution in [-0.4, -0.2) is 47.7 Å². The summed E-state index contributed by atoms with van der Waals surface area (Å²) in [6.45, 7) is 3.20. The highest BCUT2D eigenvalue weighted by atomic mass is 19.2. The Labute approximate surface area is 221 Å². The van der Waals surface area contributed by atoms with Crippen LogP contribution in [0, 0.1) is 11.6 Å². The van der Waals surface area contributed by atoms with E-state index < -0.39 is 17.5 Å². The molecule has 7 nitrogen and oxygen atoms in total. The zero-order chi connectivity index (χ0) is 27.1. The monoisotopic (exact) mass is 524 g/mol. The standard InChI is InChI=1S/C29H34F2N4O3/c1-3-4-15-35(29(37)21-13-14-23(30)24(31)18-21)27-26(34-16-9-8-12-25(34)33-27)28(36)32-22(19-38-2)17-20-10-6-5-7-11-20/h5-7,10-11,13-14,18,22H,3-4,8-9,12,15-17,19H2,1-2H3,(H,32,36). The van der Waals surface area contributed by atoms with Crippen LogP contribution in [0.4, 0.5) is 14.6 Å². The van der Waals surface area contributed by atoms with E-state index in [1.54, 1.807) is 7.11 Å². The number of ether oxygens (including phenoxy) is 1. The van der Waals surface area contributed by atoms with Crippen LogP contribution >= 0.6 is 0 Å². The highest BCUT2D eigenvalue weighted by molar-refractivity contribution is 6.09. The normalized spacial score (nSPS) is 13.6. The number of halogens is 2. The minimum atomic E-state index is -1.10. The van der Waals surface area contributed by atoms with Crippen molar-refractivity contribution in [2.45, 2.75) is 58.0 Å². The lowest BCUT2D eigenvalue weighted by atomic mass is 10.1. The first kappa shape index (κ1) is 27.4. The van der Waals surface area contributed by atoms with E-state index in [2.05, 4.69) is 5.32 Å². The van der Waals surface area contributed by atoms with Crippen molar-refractivity contribution in [1.82, 2.24) is 14.9 Å². The van der Waals surface area contributed by atoms with Crippen LogP contribution in [0.5, 0.6) is 0 Å². The zero-order valence-corrected chi connectivity index (χ0v) is 21.9. The second-order valence-corrected chi connectivity index (χ2v) is 9.56. The molecule has 2 amide bonds. The maximum absolute atomic E-state index is 14.0. The number of aromatic nitrogens is 2. The fraction of sp³-hybridized carbons (Fsp3) is 0.414. The van der Waals surface area contributed by atoms with Gasteiger partial charge in [-0.3, -0.25) is 14.5 Å². The number of hydrogen-bond donors (Lipinski definition) is 1. The molecule has 1 atom stereocenters. The Kier molecular flexibility index (Phi) is 9.23. The van der Waals surface area contributed by atoms with Crippen molar-refractivity contribution in [3.8, 4) is 0 Å². The number of unbranched alkanes of at least 4 members (excludes halogenated alkanes) is 1. The summed E-state index contributed by atoms with van der Waals surface area (Å²) in [7, 11) is 1.59. The molecular formula is C29H34F2N4O3. The zero-order valence-electron chi connectivity index (χ0n) is 21.9. The Morgan fingerprint density at radius 2 is 1.92 bits per heavy atom. The van der Waals surface area contributed by atoms with Gasteiger partial charge >= 0.3 is 0 Å². The summed E-state index contributed by atoms with van der Waals surface area (Å²) in [5, 5.41) is 3.09. The van der Waals surface area contributed by atoms with Gasteiger partial charge in [0.25, 0.3) is 11.8 Å². The number of aryl methyl sites for hydroxylation is 1. The third-order valence-corrected chi connectivity index (χ3v) is 6.71. The van der Waals surface area contributed by atoms with Crippen LogP contribution in [0.25, 0.3) is 0 Å². The molecule has 1 aliphatic heterocycles. The van der Waals surface area contributed by atoms with E-state index in [1.165, 1.54) is 11.0 Å². The topological polar surface area (TPSA) is 76.5 Å². The summed E-state index contributed by atoms with van der Waals surface area (Å²) in [6.07, 6.45) is 4.53. The van der Waals surface area contributed by atoms with E-state index in [-0.39, 0.29) is 29.9 Å². The molecule has 202 valence electrons. The number of nitrogens with one attached hydrogen (secondary N) is 1. The molecule has 3 aromatic rings. The molecule has 1 unspecified atom stereocenters. The van der Waals surface area contributed by atoms with Gasteiger partial charge in [-0.15, -0.1) is 0 Å². The van der Waals surface area contributed by atoms with E-state index in [1.807, 2.05) is 41.8 Å². The Morgan fingerprint density at radius 3 is 2.63 bits per heavy atom. The number of carbonyl (C=O) groups is 2. The molecule has 0 fully saturated rings. The number of rotatable bonds is 11. The number of benzene rings is 2. The average Bonchev–Trinajstić information content (AvgIpc) is 3.30. The number of anilines is 1. The minimum absolute atomic E-state index is 0.00123. The lowest BCUT2D eigenvalue weighted by molar-refractivity contribution is 0.0887. The van der Waals surface area contributed by atoms with Crippen LogP contribution in [0.3, 0.4) is 0 Å². The van der Waals surface area contributed by atoms with Gasteiger partial charge in [-0.2, -0.15) is 0 Å². The van der Waals surface area contributed by atoms with Gasteiger partial charge < -0.3 is 14.6 Å². The van der Waals surface area contributed by atoms with Crippen molar-refractivity contribution in [1.29, 1.82) is 0 Å². The number of amides is 2. The van der Waals surface area contributed by atoms with Gasteiger partial charge in [-0.1, -0.05) is 43.7 Å². The second kappa shape index (κ2) is 12.8. The van der Waals surface area contributed by atoms with Gasteiger partial charge in [0, 0.05) is 32.2 Å². The largest absolute Gasteiger partial charge is 0.383 e. The number of hydrogen-bond acceptors (Lipinski definition) is 4. The van der Waals surface area contributed by atoms with Gasteiger partial charge in [-0.25, -0.2) is 13.8 Å². The molecule has 2 aromatic carbocycles. The molecule has 1 aliphatic rings. The maximum Gasteiger partial charge on any atom is 0.272 e. The number of fused-ring (bicyclic) bond motifs is 1. The van der Waals surface area contributed by atoms with Gasteiger partial charge in [-0.05, 0) is 49.4 Å². The summed E-state index contributed by atoms with van der Waals surface area (Å²) in [5.41, 5.74) is 1.36. The summed E-state index contributed by atoms with van der Waals surface area (Å²) < 4.78 is 34.9. The third kappa shape index (κ3) is 6.27. The highest BCUT2D eigenvalue weighted by Gasteiger charge is 2.32. The Hall–Kier alpha value is -3.59. The predicted molar refractivity (Wildman–Crippen MR) is 141 cm³/mol. The first-order chi connectivity index (χ1) is 18.4. The molecule has 0 bridgehead atoms. The van der Waals surface area contributed by atoms with Crippen LogP contribution in [-0.2, 0) is 24.1 Å². The Balaban J connectivity index is 1.71. The second-order valence-electron chi connectivity index (χ2n) is 9.56. The molecule has 0 aliphatic carbocycles. The van der Waals surface area contributed by atoms with Crippen molar-refractivity contribution in [2.24, 2.45) is 0 Å². The lowest BCUT2D eigenvalue weighted by Crippen LogP contribution is -2.42. The summed E-state index contributed by atoms with van der Waals surface area (Å²) in [6, 6.07) is 12.6. The van der Waals surface area contributed by atoms with Gasteiger partial charge in [0.05, 0.1) is 12.6 Å². The quantitative estimate of drug-likeness (QED) is 0.386. The van der Waals surface area contributed by atoms with E-state index in [0.717, 1.165) is 42.8 Å². The van der Waals surface area contributed by atoms with Crippen molar-refractivity contribution in [3.05, 3.63) is 82.8 Å². The lowest BCUT2D eigenvalue weighted by Gasteiger charge is -2.24. The smallest absolute Gasteiger partial charge is 0.272 e. The number of carbonyl (C=O) groups excluding carboxylic acids is 2. The highest BCUT2D eigenvalue weighted by Crippen LogP contribution is 2.28. The van der Waals surface area contributed by atoms with Crippen molar-refractivity contribution in [2.75, 3.05) is 25.2 Å². The average molecular weight is 525 g/mol. The minimum Gasteiger partial charge on any atom is -0.383 e. The molecule has 9 heteroatoms. The first-order valence-corrected chi connectivity index (χ1v) is 13.1. The molecule has 2 heterocycles. The predicted octanol–water partition coefficient (Wildman–Crippen LogP) is 4.93.